The van der Waals surface area contributed by atoms with E-state index in [0.717, 1.165) is 11.3 Å². The van der Waals surface area contributed by atoms with E-state index >= 15 is 0 Å². The lowest BCUT2D eigenvalue weighted by atomic mass is 10.1. The van der Waals surface area contributed by atoms with Crippen molar-refractivity contribution in [2.75, 3.05) is 0 Å². The monoisotopic (exact) mass is 181 g/mol. The standard InChI is InChI=1S/C9H11NOS/c1-2-8-7-5-3-4-6-9(7)12(11)10-8/h3-6,8,10H,2H2,1H3/t8-,12?/m1/s1. The number of nitrogens with one attached hydrogen (secondary N) is 1. The summed E-state index contributed by atoms with van der Waals surface area (Å²) in [6.45, 7) is 2.09. The van der Waals surface area contributed by atoms with Gasteiger partial charge in [-0.25, -0.2) is 8.93 Å². The predicted molar refractivity (Wildman–Crippen MR) is 49.0 cm³/mol. The summed E-state index contributed by atoms with van der Waals surface area (Å²) in [5.41, 5.74) is 1.19. The van der Waals surface area contributed by atoms with Gasteiger partial charge in [0, 0.05) is 6.04 Å². The van der Waals surface area contributed by atoms with E-state index in [9.17, 15) is 4.21 Å². The second-order valence-electron chi connectivity index (χ2n) is 2.89. The number of hydrogen-bond donors (Lipinski definition) is 1. The molecule has 0 spiro atoms. The maximum absolute atomic E-state index is 11.4. The van der Waals surface area contributed by atoms with E-state index in [2.05, 4.69) is 11.6 Å². The zero-order valence-corrected chi connectivity index (χ0v) is 7.73. The van der Waals surface area contributed by atoms with Crippen LogP contribution in [0.3, 0.4) is 0 Å². The molecule has 1 heterocycles. The highest BCUT2D eigenvalue weighted by Crippen LogP contribution is 2.29. The minimum Gasteiger partial charge on any atom is -0.237 e. The molecule has 0 fully saturated rings. The number of fused-ring (bicyclic) bond motifs is 1. The van der Waals surface area contributed by atoms with Crippen molar-refractivity contribution in [3.8, 4) is 0 Å². The molecule has 2 rings (SSSR count). The predicted octanol–water partition coefficient (Wildman–Crippen LogP) is 1.76. The van der Waals surface area contributed by atoms with Gasteiger partial charge in [-0.2, -0.15) is 0 Å². The summed E-state index contributed by atoms with van der Waals surface area (Å²) < 4.78 is 14.5. The van der Waals surface area contributed by atoms with Crippen LogP contribution in [0.2, 0.25) is 0 Å². The van der Waals surface area contributed by atoms with Gasteiger partial charge >= 0.3 is 0 Å². The number of benzene rings is 1. The van der Waals surface area contributed by atoms with Gasteiger partial charge in [0.25, 0.3) is 0 Å². The first-order valence-electron chi connectivity index (χ1n) is 4.09. The maximum atomic E-state index is 11.4. The van der Waals surface area contributed by atoms with Crippen molar-refractivity contribution >= 4 is 11.0 Å². The molecule has 2 nitrogen and oxygen atoms in total. The largest absolute Gasteiger partial charge is 0.237 e. The highest BCUT2D eigenvalue weighted by Gasteiger charge is 2.25. The average Bonchev–Trinajstić information content (AvgIpc) is 2.44. The Labute approximate surface area is 74.6 Å². The molecule has 2 atom stereocenters. The van der Waals surface area contributed by atoms with Crippen LogP contribution in [0.25, 0.3) is 0 Å². The van der Waals surface area contributed by atoms with E-state index in [-0.39, 0.29) is 6.04 Å². The van der Waals surface area contributed by atoms with Gasteiger partial charge in [0.15, 0.2) is 0 Å². The van der Waals surface area contributed by atoms with E-state index in [4.69, 9.17) is 0 Å². The topological polar surface area (TPSA) is 29.1 Å². The zero-order valence-electron chi connectivity index (χ0n) is 6.91. The fraction of sp³-hybridized carbons (Fsp3) is 0.333. The lowest BCUT2D eigenvalue weighted by molar-refractivity contribution is 0.634. The molecule has 1 aromatic carbocycles. The fourth-order valence-corrected chi connectivity index (χ4v) is 2.80. The van der Waals surface area contributed by atoms with Gasteiger partial charge in [0.05, 0.1) is 4.90 Å². The molecular formula is C9H11NOS. The quantitative estimate of drug-likeness (QED) is 0.702. The van der Waals surface area contributed by atoms with Gasteiger partial charge in [-0.15, -0.1) is 0 Å². The molecule has 3 heteroatoms. The smallest absolute Gasteiger partial charge is 0.125 e. The van der Waals surface area contributed by atoms with Gasteiger partial charge in [-0.1, -0.05) is 25.1 Å². The molecule has 1 aliphatic rings. The molecule has 64 valence electrons. The van der Waals surface area contributed by atoms with Crippen LogP contribution < -0.4 is 4.72 Å². The Morgan fingerprint density at radius 3 is 3.00 bits per heavy atom. The minimum absolute atomic E-state index is 0.280. The number of rotatable bonds is 1. The molecular weight excluding hydrogens is 170 g/mol. The molecule has 0 aliphatic carbocycles. The first-order chi connectivity index (χ1) is 5.83. The van der Waals surface area contributed by atoms with Crippen LogP contribution in [-0.4, -0.2) is 4.21 Å². The highest BCUT2D eigenvalue weighted by molar-refractivity contribution is 7.83. The Morgan fingerprint density at radius 2 is 2.25 bits per heavy atom. The molecule has 0 aromatic heterocycles. The van der Waals surface area contributed by atoms with E-state index in [1.54, 1.807) is 0 Å². The SMILES string of the molecule is CC[C@H]1NS(=O)c2ccccc21. The lowest BCUT2D eigenvalue weighted by Crippen LogP contribution is -2.13. The molecule has 12 heavy (non-hydrogen) atoms. The molecule has 0 radical (unpaired) electrons. The molecule has 0 saturated heterocycles. The van der Waals surface area contributed by atoms with E-state index in [1.807, 2.05) is 24.3 Å². The average molecular weight is 181 g/mol. The third-order valence-corrected chi connectivity index (χ3v) is 3.42. The molecule has 1 aliphatic heterocycles. The summed E-state index contributed by atoms with van der Waals surface area (Å²) in [6.07, 6.45) is 0.989. The van der Waals surface area contributed by atoms with Crippen molar-refractivity contribution in [1.29, 1.82) is 0 Å². The third kappa shape index (κ3) is 1.09. The van der Waals surface area contributed by atoms with Crippen LogP contribution in [0.1, 0.15) is 24.9 Å². The summed E-state index contributed by atoms with van der Waals surface area (Å²) in [7, 11) is -0.978. The Balaban J connectivity index is 2.50. The molecule has 0 amide bonds. The van der Waals surface area contributed by atoms with Crippen LogP contribution in [0.15, 0.2) is 29.2 Å². The van der Waals surface area contributed by atoms with Crippen molar-refractivity contribution in [3.63, 3.8) is 0 Å². The molecule has 0 saturated carbocycles. The first kappa shape index (κ1) is 7.95. The molecule has 1 N–H and O–H groups in total. The summed E-state index contributed by atoms with van der Waals surface area (Å²) >= 11 is 0. The minimum atomic E-state index is -0.978. The summed E-state index contributed by atoms with van der Waals surface area (Å²) in [5.74, 6) is 0. The lowest BCUT2D eigenvalue weighted by Gasteiger charge is -2.05. The Morgan fingerprint density at radius 1 is 1.50 bits per heavy atom. The molecule has 0 bridgehead atoms. The van der Waals surface area contributed by atoms with Gasteiger partial charge in [0.1, 0.15) is 11.0 Å². The van der Waals surface area contributed by atoms with Crippen molar-refractivity contribution in [1.82, 2.24) is 4.72 Å². The zero-order chi connectivity index (χ0) is 8.55. The fourth-order valence-electron chi connectivity index (χ4n) is 1.50. The van der Waals surface area contributed by atoms with Gasteiger partial charge in [0.2, 0.25) is 0 Å². The normalized spacial score (nSPS) is 27.1. The molecule has 1 aromatic rings. The Hall–Kier alpha value is -0.670. The van der Waals surface area contributed by atoms with E-state index in [1.165, 1.54) is 5.56 Å². The van der Waals surface area contributed by atoms with Crippen molar-refractivity contribution in [2.24, 2.45) is 0 Å². The molecule has 1 unspecified atom stereocenters. The van der Waals surface area contributed by atoms with Crippen molar-refractivity contribution in [2.45, 2.75) is 24.3 Å². The highest BCUT2D eigenvalue weighted by atomic mass is 32.2. The second kappa shape index (κ2) is 2.99. The van der Waals surface area contributed by atoms with Crippen LogP contribution in [-0.2, 0) is 11.0 Å². The van der Waals surface area contributed by atoms with Gasteiger partial charge in [-0.05, 0) is 18.1 Å². The van der Waals surface area contributed by atoms with E-state index < -0.39 is 11.0 Å². The third-order valence-electron chi connectivity index (χ3n) is 2.15. The van der Waals surface area contributed by atoms with Crippen LogP contribution in [0.4, 0.5) is 0 Å². The van der Waals surface area contributed by atoms with E-state index in [0.29, 0.717) is 0 Å². The van der Waals surface area contributed by atoms with Crippen molar-refractivity contribution in [3.05, 3.63) is 29.8 Å². The Kier molecular flexibility index (Phi) is 1.98. The summed E-state index contributed by atoms with van der Waals surface area (Å²) in [6, 6.07) is 8.17. The van der Waals surface area contributed by atoms with Gasteiger partial charge < -0.3 is 0 Å². The van der Waals surface area contributed by atoms with Crippen LogP contribution in [0.5, 0.6) is 0 Å². The summed E-state index contributed by atoms with van der Waals surface area (Å²) in [4.78, 5) is 0.948. The number of hydrogen-bond acceptors (Lipinski definition) is 1. The van der Waals surface area contributed by atoms with Gasteiger partial charge in [-0.3, -0.25) is 0 Å². The van der Waals surface area contributed by atoms with Crippen molar-refractivity contribution < 1.29 is 4.21 Å². The maximum Gasteiger partial charge on any atom is 0.125 e. The summed E-state index contributed by atoms with van der Waals surface area (Å²) in [5, 5.41) is 0. The first-order valence-corrected chi connectivity index (χ1v) is 5.24. The van der Waals surface area contributed by atoms with Crippen LogP contribution in [0, 0.1) is 0 Å². The van der Waals surface area contributed by atoms with Crippen LogP contribution >= 0.6 is 0 Å². The second-order valence-corrected chi connectivity index (χ2v) is 4.10. The Bertz CT molecular complexity index is 324.